The summed E-state index contributed by atoms with van der Waals surface area (Å²) in [4.78, 5) is 0. The normalized spacial score (nSPS) is 10.3. The molecule has 2 aromatic rings. The summed E-state index contributed by atoms with van der Waals surface area (Å²) >= 11 is 5.65. The van der Waals surface area contributed by atoms with Crippen LogP contribution in [0, 0.1) is 5.82 Å². The Kier molecular flexibility index (Phi) is 4.42. The van der Waals surface area contributed by atoms with E-state index in [1.54, 1.807) is 0 Å². The van der Waals surface area contributed by atoms with Crippen molar-refractivity contribution < 1.29 is 19.2 Å². The summed E-state index contributed by atoms with van der Waals surface area (Å²) in [5.74, 6) is -0.581. The maximum absolute atomic E-state index is 13.3. The van der Waals surface area contributed by atoms with Crippen LogP contribution in [-0.2, 0) is 6.61 Å². The molecule has 0 fully saturated rings. The van der Waals surface area contributed by atoms with E-state index in [2.05, 4.69) is 0 Å². The van der Waals surface area contributed by atoms with Gasteiger partial charge in [0, 0.05) is 11.5 Å². The van der Waals surface area contributed by atoms with Crippen LogP contribution in [0.5, 0.6) is 5.75 Å². The topological polar surface area (TPSA) is 49.7 Å². The van der Waals surface area contributed by atoms with E-state index >= 15 is 0 Å². The molecule has 0 heterocycles. The van der Waals surface area contributed by atoms with Gasteiger partial charge in [-0.1, -0.05) is 41.9 Å². The number of halogens is 2. The monoisotopic (exact) mass is 280 g/mol. The average molecular weight is 280 g/mol. The average Bonchev–Trinajstić information content (AvgIpc) is 2.40. The highest BCUT2D eigenvalue weighted by Gasteiger charge is 2.20. The van der Waals surface area contributed by atoms with Crippen LogP contribution in [0.15, 0.2) is 42.5 Å². The number of rotatable bonds is 4. The molecule has 98 valence electrons. The Bertz CT molecular complexity index is 563. The molecule has 3 nitrogen and oxygen atoms in total. The van der Waals surface area contributed by atoms with Gasteiger partial charge in [-0.25, -0.2) is 4.39 Å². The number of hydrogen-bond acceptors (Lipinski definition) is 3. The van der Waals surface area contributed by atoms with Crippen molar-refractivity contribution in [3.63, 3.8) is 0 Å². The molecule has 0 spiro atoms. The SMILES string of the molecule is OB(O)c1cc(F)c(Cl)cc1OCc1ccccc1. The molecule has 6 heteroatoms. The fourth-order valence-electron chi connectivity index (χ4n) is 1.61. The van der Waals surface area contributed by atoms with Crippen molar-refractivity contribution in [3.05, 3.63) is 58.9 Å². The molecule has 0 atom stereocenters. The van der Waals surface area contributed by atoms with E-state index in [1.165, 1.54) is 6.07 Å². The summed E-state index contributed by atoms with van der Waals surface area (Å²) < 4.78 is 18.7. The van der Waals surface area contributed by atoms with E-state index < -0.39 is 12.9 Å². The molecule has 0 saturated heterocycles. The lowest BCUT2D eigenvalue weighted by molar-refractivity contribution is 0.306. The highest BCUT2D eigenvalue weighted by atomic mass is 35.5. The zero-order valence-electron chi connectivity index (χ0n) is 9.88. The van der Waals surface area contributed by atoms with Crippen LogP contribution in [0.3, 0.4) is 0 Å². The molecule has 19 heavy (non-hydrogen) atoms. The fraction of sp³-hybridized carbons (Fsp3) is 0.0769. The van der Waals surface area contributed by atoms with Crippen LogP contribution in [0.25, 0.3) is 0 Å². The Balaban J connectivity index is 2.22. The molecular weight excluding hydrogens is 269 g/mol. The van der Waals surface area contributed by atoms with Gasteiger partial charge in [-0.3, -0.25) is 0 Å². The first kappa shape index (κ1) is 13.9. The van der Waals surface area contributed by atoms with Crippen LogP contribution in [-0.4, -0.2) is 17.2 Å². The standard InChI is InChI=1S/C13H11BClFO3/c15-11-7-13(10(14(17)18)6-12(11)16)19-8-9-4-2-1-3-5-9/h1-7,17-18H,8H2. The molecule has 0 bridgehead atoms. The summed E-state index contributed by atoms with van der Waals surface area (Å²) in [6.07, 6.45) is 0. The zero-order chi connectivity index (χ0) is 13.8. The number of ether oxygens (including phenoxy) is 1. The molecule has 0 aliphatic carbocycles. The lowest BCUT2D eigenvalue weighted by Gasteiger charge is -2.12. The Hall–Kier alpha value is -1.56. The smallest absolute Gasteiger partial charge is 0.489 e. The van der Waals surface area contributed by atoms with Gasteiger partial charge >= 0.3 is 7.12 Å². The number of benzene rings is 2. The van der Waals surface area contributed by atoms with Gasteiger partial charge in [0.05, 0.1) is 5.02 Å². The van der Waals surface area contributed by atoms with Crippen LogP contribution in [0.1, 0.15) is 5.56 Å². The minimum absolute atomic E-state index is 0.0576. The van der Waals surface area contributed by atoms with Crippen molar-refractivity contribution in [2.75, 3.05) is 0 Å². The third-order valence-corrected chi connectivity index (χ3v) is 2.86. The van der Waals surface area contributed by atoms with Crippen molar-refractivity contribution >= 4 is 24.2 Å². The predicted molar refractivity (Wildman–Crippen MR) is 72.0 cm³/mol. The fourth-order valence-corrected chi connectivity index (χ4v) is 1.76. The predicted octanol–water partition coefficient (Wildman–Crippen LogP) is 1.74. The first-order valence-corrected chi connectivity index (χ1v) is 5.97. The Morgan fingerprint density at radius 3 is 2.47 bits per heavy atom. The lowest BCUT2D eigenvalue weighted by Crippen LogP contribution is -2.32. The van der Waals surface area contributed by atoms with Crippen LogP contribution in [0.4, 0.5) is 4.39 Å². The van der Waals surface area contributed by atoms with Gasteiger partial charge in [0.15, 0.2) is 0 Å². The van der Waals surface area contributed by atoms with E-state index in [-0.39, 0.29) is 22.8 Å². The third-order valence-electron chi connectivity index (χ3n) is 2.57. The van der Waals surface area contributed by atoms with E-state index in [0.717, 1.165) is 11.6 Å². The summed E-state index contributed by atoms with van der Waals surface area (Å²) in [5.41, 5.74) is 0.846. The van der Waals surface area contributed by atoms with Crippen molar-refractivity contribution in [1.82, 2.24) is 0 Å². The van der Waals surface area contributed by atoms with E-state index in [9.17, 15) is 14.4 Å². The molecule has 0 saturated carbocycles. The molecule has 2 rings (SSSR count). The van der Waals surface area contributed by atoms with E-state index in [1.807, 2.05) is 30.3 Å². The third kappa shape index (κ3) is 3.47. The minimum atomic E-state index is -1.82. The maximum atomic E-state index is 13.3. The van der Waals surface area contributed by atoms with Crippen molar-refractivity contribution in [3.8, 4) is 5.75 Å². The van der Waals surface area contributed by atoms with Crippen LogP contribution in [0.2, 0.25) is 5.02 Å². The van der Waals surface area contributed by atoms with Gasteiger partial charge in [-0.2, -0.15) is 0 Å². The highest BCUT2D eigenvalue weighted by Crippen LogP contribution is 2.20. The molecule has 2 aromatic carbocycles. The summed E-state index contributed by atoms with van der Waals surface area (Å²) in [7, 11) is -1.82. The first-order valence-electron chi connectivity index (χ1n) is 5.59. The molecule has 2 N–H and O–H groups in total. The Morgan fingerprint density at radius 1 is 1.16 bits per heavy atom. The van der Waals surface area contributed by atoms with Crippen LogP contribution >= 0.6 is 11.6 Å². The second-order valence-electron chi connectivity index (χ2n) is 3.95. The second kappa shape index (κ2) is 6.06. The van der Waals surface area contributed by atoms with Gasteiger partial charge in [0.2, 0.25) is 0 Å². The molecule has 0 aromatic heterocycles. The lowest BCUT2D eigenvalue weighted by atomic mass is 9.79. The minimum Gasteiger partial charge on any atom is -0.489 e. The van der Waals surface area contributed by atoms with Gasteiger partial charge in [0.25, 0.3) is 0 Å². The second-order valence-corrected chi connectivity index (χ2v) is 4.36. The molecular formula is C13H11BClFO3. The van der Waals surface area contributed by atoms with E-state index in [0.29, 0.717) is 0 Å². The van der Waals surface area contributed by atoms with E-state index in [4.69, 9.17) is 16.3 Å². The highest BCUT2D eigenvalue weighted by molar-refractivity contribution is 6.59. The zero-order valence-corrected chi connectivity index (χ0v) is 10.6. The maximum Gasteiger partial charge on any atom is 0.492 e. The Labute approximate surface area is 115 Å². The quantitative estimate of drug-likeness (QED) is 0.839. The Morgan fingerprint density at radius 2 is 1.84 bits per heavy atom. The summed E-state index contributed by atoms with van der Waals surface area (Å²) in [5, 5.41) is 18.2. The van der Waals surface area contributed by atoms with Gasteiger partial charge in [0.1, 0.15) is 18.2 Å². The van der Waals surface area contributed by atoms with Gasteiger partial charge in [-0.05, 0) is 11.6 Å². The van der Waals surface area contributed by atoms with Gasteiger partial charge < -0.3 is 14.8 Å². The molecule has 0 aliphatic heterocycles. The van der Waals surface area contributed by atoms with Crippen molar-refractivity contribution in [1.29, 1.82) is 0 Å². The van der Waals surface area contributed by atoms with Crippen LogP contribution < -0.4 is 10.2 Å². The van der Waals surface area contributed by atoms with Crippen molar-refractivity contribution in [2.24, 2.45) is 0 Å². The largest absolute Gasteiger partial charge is 0.492 e. The van der Waals surface area contributed by atoms with Crippen molar-refractivity contribution in [2.45, 2.75) is 6.61 Å². The number of hydrogen-bond donors (Lipinski definition) is 2. The molecule has 0 amide bonds. The summed E-state index contributed by atoms with van der Waals surface area (Å²) in [6.45, 7) is 0.225. The van der Waals surface area contributed by atoms with Gasteiger partial charge in [-0.15, -0.1) is 0 Å². The molecule has 0 unspecified atom stereocenters. The first-order chi connectivity index (χ1) is 9.08. The molecule has 0 radical (unpaired) electrons. The summed E-state index contributed by atoms with van der Waals surface area (Å²) in [6, 6.07) is 11.5. The molecule has 0 aliphatic rings.